The Morgan fingerprint density at radius 2 is 1.43 bits per heavy atom. The maximum Gasteiger partial charge on any atom is 0.331 e. The van der Waals surface area contributed by atoms with Crippen LogP contribution in [0.4, 0.5) is 5.69 Å². The number of fused-ring (bicyclic) bond motifs is 1. The van der Waals surface area contributed by atoms with E-state index in [0.717, 1.165) is 43.0 Å². The Morgan fingerprint density at radius 3 is 2.09 bits per heavy atom. The van der Waals surface area contributed by atoms with Crippen LogP contribution in [0, 0.1) is 0 Å². The molecule has 0 spiro atoms. The lowest BCUT2D eigenvalue weighted by Crippen LogP contribution is -2.46. The Labute approximate surface area is 209 Å². The zero-order chi connectivity index (χ0) is 24.4. The van der Waals surface area contributed by atoms with Crippen LogP contribution in [0.15, 0.2) is 82.4 Å². The minimum Gasteiger partial charge on any atom is -0.368 e. The summed E-state index contributed by atoms with van der Waals surface area (Å²) >= 11 is 6.57. The zero-order valence-corrected chi connectivity index (χ0v) is 20.6. The molecule has 0 radical (unpaired) electrons. The summed E-state index contributed by atoms with van der Waals surface area (Å²) in [6.45, 7) is 4.08. The van der Waals surface area contributed by atoms with E-state index in [1.54, 1.807) is 10.6 Å². The number of anilines is 1. The third kappa shape index (κ3) is 4.90. The van der Waals surface area contributed by atoms with Gasteiger partial charge in [-0.3, -0.25) is 13.9 Å². The number of piperazine rings is 1. The molecule has 0 N–H and O–H groups in total. The second kappa shape index (κ2) is 10.1. The second-order valence-electron chi connectivity index (χ2n) is 9.16. The molecule has 1 aliphatic rings. The average molecular weight is 489 g/mol. The van der Waals surface area contributed by atoms with E-state index < -0.39 is 0 Å². The summed E-state index contributed by atoms with van der Waals surface area (Å²) in [5, 5.41) is 1.08. The maximum absolute atomic E-state index is 13.9. The van der Waals surface area contributed by atoms with E-state index in [1.807, 2.05) is 66.7 Å². The first kappa shape index (κ1) is 23.4. The molecule has 180 valence electrons. The van der Waals surface area contributed by atoms with Crippen molar-refractivity contribution in [1.82, 2.24) is 14.0 Å². The van der Waals surface area contributed by atoms with Crippen LogP contribution in [0.25, 0.3) is 10.9 Å². The Hall–Kier alpha value is -3.35. The molecule has 0 amide bonds. The fourth-order valence-electron chi connectivity index (χ4n) is 4.78. The number of halogens is 1. The molecule has 1 aromatic heterocycles. The Kier molecular flexibility index (Phi) is 6.75. The molecule has 1 aliphatic heterocycles. The van der Waals surface area contributed by atoms with Crippen LogP contribution in [0.5, 0.6) is 0 Å². The molecule has 0 aliphatic carbocycles. The van der Waals surface area contributed by atoms with Crippen molar-refractivity contribution in [2.75, 3.05) is 38.1 Å². The summed E-state index contributed by atoms with van der Waals surface area (Å²) in [7, 11) is 2.10. The molecule has 5 rings (SSSR count). The lowest BCUT2D eigenvalue weighted by Gasteiger charge is -2.34. The highest BCUT2D eigenvalue weighted by Crippen LogP contribution is 2.29. The molecule has 0 saturated carbocycles. The molecule has 35 heavy (non-hydrogen) atoms. The quantitative estimate of drug-likeness (QED) is 0.413. The molecule has 3 aromatic carbocycles. The average Bonchev–Trinajstić information content (AvgIpc) is 2.87. The number of benzene rings is 3. The van der Waals surface area contributed by atoms with Crippen LogP contribution in [0.3, 0.4) is 0 Å². The van der Waals surface area contributed by atoms with Gasteiger partial charge in [0.05, 0.1) is 23.1 Å². The van der Waals surface area contributed by atoms with Crippen molar-refractivity contribution in [3.05, 3.63) is 110 Å². The molecule has 2 heterocycles. The van der Waals surface area contributed by atoms with Gasteiger partial charge in [0.15, 0.2) is 0 Å². The first-order valence-electron chi connectivity index (χ1n) is 12.0. The van der Waals surface area contributed by atoms with Gasteiger partial charge in [0.2, 0.25) is 0 Å². The van der Waals surface area contributed by atoms with Crippen molar-refractivity contribution in [1.29, 1.82) is 0 Å². The highest BCUT2D eigenvalue weighted by atomic mass is 35.5. The van der Waals surface area contributed by atoms with Crippen LogP contribution in [-0.2, 0) is 19.5 Å². The van der Waals surface area contributed by atoms with E-state index in [9.17, 15) is 9.59 Å². The second-order valence-corrected chi connectivity index (χ2v) is 9.59. The summed E-state index contributed by atoms with van der Waals surface area (Å²) < 4.78 is 3.09. The fourth-order valence-corrected chi connectivity index (χ4v) is 4.99. The number of likely N-dealkylation sites (N-methyl/N-ethyl adjacent to an activating group) is 1. The highest BCUT2D eigenvalue weighted by Gasteiger charge is 2.22. The van der Waals surface area contributed by atoms with Gasteiger partial charge in [-0.1, -0.05) is 72.3 Å². The molecule has 6 nitrogen and oxygen atoms in total. The molecule has 1 saturated heterocycles. The minimum atomic E-state index is -0.311. The smallest absolute Gasteiger partial charge is 0.331 e. The number of hydrogen-bond donors (Lipinski definition) is 0. The van der Waals surface area contributed by atoms with Gasteiger partial charge in [-0.2, -0.15) is 0 Å². The summed E-state index contributed by atoms with van der Waals surface area (Å²) in [6.07, 6.45) is 0.601. The maximum atomic E-state index is 13.9. The third-order valence-electron chi connectivity index (χ3n) is 6.77. The SMILES string of the molecule is CN1CCN(c2cc(Cl)cc3c2c(=O)n(CCc2ccccc2)c(=O)n3Cc2ccccc2)CC1. The number of nitrogens with zero attached hydrogens (tertiary/aromatic N) is 4. The molecular weight excluding hydrogens is 460 g/mol. The van der Waals surface area contributed by atoms with Crippen LogP contribution in [-0.4, -0.2) is 47.3 Å². The van der Waals surface area contributed by atoms with Crippen molar-refractivity contribution >= 4 is 28.2 Å². The lowest BCUT2D eigenvalue weighted by atomic mass is 10.1. The minimum absolute atomic E-state index is 0.254. The van der Waals surface area contributed by atoms with E-state index in [2.05, 4.69) is 16.8 Å². The standard InChI is InChI=1S/C28H29ClN4O2/c1-30-14-16-31(17-15-30)24-18-23(29)19-25-26(24)27(34)32(13-12-21-8-4-2-5-9-21)28(35)33(25)20-22-10-6-3-7-11-22/h2-11,18-19H,12-17,20H2,1H3. The molecule has 1 fully saturated rings. The Bertz CT molecular complexity index is 1440. The van der Waals surface area contributed by atoms with Gasteiger partial charge < -0.3 is 9.80 Å². The van der Waals surface area contributed by atoms with E-state index in [1.165, 1.54) is 4.57 Å². The van der Waals surface area contributed by atoms with Gasteiger partial charge in [0.1, 0.15) is 0 Å². The molecule has 0 bridgehead atoms. The largest absolute Gasteiger partial charge is 0.368 e. The Morgan fingerprint density at radius 1 is 0.800 bits per heavy atom. The summed E-state index contributed by atoms with van der Waals surface area (Å²) in [4.78, 5) is 32.1. The van der Waals surface area contributed by atoms with Crippen molar-refractivity contribution < 1.29 is 0 Å². The van der Waals surface area contributed by atoms with Gasteiger partial charge in [-0.15, -0.1) is 0 Å². The van der Waals surface area contributed by atoms with E-state index in [-0.39, 0.29) is 11.2 Å². The van der Waals surface area contributed by atoms with Crippen molar-refractivity contribution in [2.24, 2.45) is 0 Å². The van der Waals surface area contributed by atoms with Crippen LogP contribution >= 0.6 is 11.6 Å². The predicted octanol–water partition coefficient (Wildman–Crippen LogP) is 3.86. The van der Waals surface area contributed by atoms with Crippen LogP contribution in [0.2, 0.25) is 5.02 Å². The van der Waals surface area contributed by atoms with Crippen molar-refractivity contribution in [3.63, 3.8) is 0 Å². The van der Waals surface area contributed by atoms with E-state index in [0.29, 0.717) is 35.4 Å². The van der Waals surface area contributed by atoms with Gasteiger partial charge in [0.25, 0.3) is 5.56 Å². The molecular formula is C28H29ClN4O2. The fraction of sp³-hybridized carbons (Fsp3) is 0.286. The molecule has 0 unspecified atom stereocenters. The summed E-state index contributed by atoms with van der Waals surface area (Å²) in [6, 6.07) is 23.4. The normalized spacial score (nSPS) is 14.5. The zero-order valence-electron chi connectivity index (χ0n) is 19.9. The van der Waals surface area contributed by atoms with Gasteiger partial charge in [0, 0.05) is 37.7 Å². The number of hydrogen-bond acceptors (Lipinski definition) is 4. The monoisotopic (exact) mass is 488 g/mol. The number of aryl methyl sites for hydroxylation is 1. The summed E-state index contributed by atoms with van der Waals surface area (Å²) in [5.74, 6) is 0. The molecule has 7 heteroatoms. The van der Waals surface area contributed by atoms with Gasteiger partial charge in [-0.05, 0) is 36.7 Å². The lowest BCUT2D eigenvalue weighted by molar-refractivity contribution is 0.313. The molecule has 4 aromatic rings. The first-order valence-corrected chi connectivity index (χ1v) is 12.4. The van der Waals surface area contributed by atoms with Gasteiger partial charge >= 0.3 is 5.69 Å². The van der Waals surface area contributed by atoms with E-state index in [4.69, 9.17) is 11.6 Å². The van der Waals surface area contributed by atoms with Crippen LogP contribution < -0.4 is 16.1 Å². The number of rotatable bonds is 6. The molecule has 0 atom stereocenters. The first-order chi connectivity index (χ1) is 17.0. The van der Waals surface area contributed by atoms with Gasteiger partial charge in [-0.25, -0.2) is 4.79 Å². The Balaban J connectivity index is 1.69. The topological polar surface area (TPSA) is 50.5 Å². The summed E-state index contributed by atoms with van der Waals surface area (Å²) in [5.41, 5.74) is 2.90. The highest BCUT2D eigenvalue weighted by molar-refractivity contribution is 6.31. The van der Waals surface area contributed by atoms with Crippen molar-refractivity contribution in [2.45, 2.75) is 19.5 Å². The number of aromatic nitrogens is 2. The third-order valence-corrected chi connectivity index (χ3v) is 6.99. The predicted molar refractivity (Wildman–Crippen MR) is 143 cm³/mol. The van der Waals surface area contributed by atoms with Crippen LogP contribution in [0.1, 0.15) is 11.1 Å². The van der Waals surface area contributed by atoms with Crippen molar-refractivity contribution in [3.8, 4) is 0 Å². The van der Waals surface area contributed by atoms with E-state index >= 15 is 0 Å².